The zero-order valence-electron chi connectivity index (χ0n) is 12.8. The van der Waals surface area contributed by atoms with Crippen molar-refractivity contribution in [2.24, 2.45) is 5.73 Å². The average Bonchev–Trinajstić information content (AvgIpc) is 2.90. The first-order valence-corrected chi connectivity index (χ1v) is 8.10. The largest absolute Gasteiger partial charge is 0.438 e. The number of imidazole rings is 1. The summed E-state index contributed by atoms with van der Waals surface area (Å²) >= 11 is 11.1. The number of H-pyrrole nitrogens is 1. The molecule has 124 valence electrons. The highest BCUT2D eigenvalue weighted by Gasteiger charge is 2.19. The number of hydrogen-bond donors (Lipinski definition) is 3. The van der Waals surface area contributed by atoms with Gasteiger partial charge in [-0.05, 0) is 38.3 Å². The van der Waals surface area contributed by atoms with Crippen LogP contribution in [0.15, 0.2) is 18.2 Å². The van der Waals surface area contributed by atoms with Crippen LogP contribution in [0.5, 0.6) is 0 Å². The highest BCUT2D eigenvalue weighted by atomic mass is 35.5. The zero-order valence-corrected chi connectivity index (χ0v) is 14.3. The van der Waals surface area contributed by atoms with E-state index in [1.807, 2.05) is 19.1 Å². The van der Waals surface area contributed by atoms with Crippen LogP contribution in [0.3, 0.4) is 0 Å². The van der Waals surface area contributed by atoms with Crippen molar-refractivity contribution in [1.29, 1.82) is 0 Å². The molecular weight excluding hydrogens is 336 g/mol. The SMILES string of the molecule is CC(=S)NCCCCC(OC(N)=O)c1nc2cccc(Cl)c2[nH]1. The molecule has 1 unspecified atom stereocenters. The van der Waals surface area contributed by atoms with Crippen molar-refractivity contribution in [2.45, 2.75) is 32.3 Å². The Morgan fingerprint density at radius 1 is 1.52 bits per heavy atom. The highest BCUT2D eigenvalue weighted by Crippen LogP contribution is 2.27. The Balaban J connectivity index is 2.05. The van der Waals surface area contributed by atoms with Crippen molar-refractivity contribution < 1.29 is 9.53 Å². The molecule has 1 amide bonds. The van der Waals surface area contributed by atoms with E-state index < -0.39 is 12.2 Å². The number of para-hydroxylation sites is 1. The molecule has 0 spiro atoms. The van der Waals surface area contributed by atoms with Gasteiger partial charge in [-0.1, -0.05) is 29.9 Å². The molecule has 0 aliphatic carbocycles. The van der Waals surface area contributed by atoms with E-state index in [1.54, 1.807) is 6.07 Å². The third-order valence-electron chi connectivity index (χ3n) is 3.32. The van der Waals surface area contributed by atoms with Gasteiger partial charge in [0.25, 0.3) is 0 Å². The predicted octanol–water partition coefficient (Wildman–Crippen LogP) is 3.46. The first kappa shape index (κ1) is 17.5. The van der Waals surface area contributed by atoms with E-state index >= 15 is 0 Å². The average molecular weight is 355 g/mol. The Hall–Kier alpha value is -1.86. The van der Waals surface area contributed by atoms with E-state index in [9.17, 15) is 4.79 Å². The summed E-state index contributed by atoms with van der Waals surface area (Å²) in [6.07, 6.45) is 0.990. The van der Waals surface area contributed by atoms with Gasteiger partial charge in [0.1, 0.15) is 5.82 Å². The molecule has 23 heavy (non-hydrogen) atoms. The number of nitrogens with two attached hydrogens (primary N) is 1. The van der Waals surface area contributed by atoms with Gasteiger partial charge in [0.15, 0.2) is 6.10 Å². The zero-order chi connectivity index (χ0) is 16.8. The number of rotatable bonds is 7. The molecule has 2 rings (SSSR count). The van der Waals surface area contributed by atoms with Crippen LogP contribution in [0, 0.1) is 0 Å². The number of primary amides is 1. The minimum atomic E-state index is -0.825. The smallest absolute Gasteiger partial charge is 0.405 e. The maximum absolute atomic E-state index is 11.1. The van der Waals surface area contributed by atoms with E-state index in [-0.39, 0.29) is 0 Å². The first-order chi connectivity index (χ1) is 11.0. The van der Waals surface area contributed by atoms with Crippen LogP contribution < -0.4 is 11.1 Å². The molecular formula is C15H19ClN4O2S. The van der Waals surface area contributed by atoms with Crippen LogP contribution in [0.4, 0.5) is 4.79 Å². The molecule has 2 aromatic rings. The summed E-state index contributed by atoms with van der Waals surface area (Å²) in [6.45, 7) is 2.62. The Labute approximate surface area is 144 Å². The van der Waals surface area contributed by atoms with Crippen LogP contribution in [0.25, 0.3) is 11.0 Å². The number of nitrogens with one attached hydrogen (secondary N) is 2. The quantitative estimate of drug-likeness (QED) is 0.523. The van der Waals surface area contributed by atoms with Gasteiger partial charge in [0.05, 0.1) is 21.0 Å². The lowest BCUT2D eigenvalue weighted by molar-refractivity contribution is 0.0951. The molecule has 6 nitrogen and oxygen atoms in total. The Morgan fingerprint density at radius 2 is 2.30 bits per heavy atom. The van der Waals surface area contributed by atoms with Gasteiger partial charge in [0.2, 0.25) is 0 Å². The number of unbranched alkanes of at least 4 members (excludes halogenated alkanes) is 1. The number of amides is 1. The molecule has 0 saturated heterocycles. The summed E-state index contributed by atoms with van der Waals surface area (Å²) < 4.78 is 5.19. The molecule has 8 heteroatoms. The second kappa shape index (κ2) is 8.12. The second-order valence-corrected chi connectivity index (χ2v) is 6.18. The Bertz CT molecular complexity index is 704. The number of carbonyl (C=O) groups is 1. The fourth-order valence-electron chi connectivity index (χ4n) is 2.28. The third-order valence-corrected chi connectivity index (χ3v) is 3.78. The van der Waals surface area contributed by atoms with E-state index in [0.717, 1.165) is 35.4 Å². The molecule has 0 aliphatic rings. The molecule has 0 bridgehead atoms. The number of hydrogen-bond acceptors (Lipinski definition) is 4. The van der Waals surface area contributed by atoms with Crippen molar-refractivity contribution in [3.8, 4) is 0 Å². The second-order valence-electron chi connectivity index (χ2n) is 5.16. The number of nitrogens with zero attached hydrogens (tertiary/aromatic N) is 1. The van der Waals surface area contributed by atoms with Gasteiger partial charge in [-0.3, -0.25) is 0 Å². The molecule has 0 radical (unpaired) electrons. The minimum Gasteiger partial charge on any atom is -0.438 e. The molecule has 0 fully saturated rings. The summed E-state index contributed by atoms with van der Waals surface area (Å²) in [7, 11) is 0. The van der Waals surface area contributed by atoms with Gasteiger partial charge < -0.3 is 20.8 Å². The summed E-state index contributed by atoms with van der Waals surface area (Å²) in [5.74, 6) is 0.547. The summed E-state index contributed by atoms with van der Waals surface area (Å²) in [4.78, 5) is 19.5. The highest BCUT2D eigenvalue weighted by molar-refractivity contribution is 7.80. The van der Waals surface area contributed by atoms with Crippen LogP contribution in [0.1, 0.15) is 38.1 Å². The van der Waals surface area contributed by atoms with Crippen LogP contribution in [-0.4, -0.2) is 27.6 Å². The van der Waals surface area contributed by atoms with Crippen molar-refractivity contribution >= 4 is 45.9 Å². The molecule has 0 aliphatic heterocycles. The van der Waals surface area contributed by atoms with E-state index in [0.29, 0.717) is 17.3 Å². The number of halogens is 1. The molecule has 1 atom stereocenters. The van der Waals surface area contributed by atoms with Crippen LogP contribution >= 0.6 is 23.8 Å². The molecule has 1 aromatic carbocycles. The number of aromatic amines is 1. The number of thiocarbonyl (C=S) groups is 1. The minimum absolute atomic E-state index is 0.524. The Kier molecular flexibility index (Phi) is 6.18. The lowest BCUT2D eigenvalue weighted by atomic mass is 10.1. The third kappa shape index (κ3) is 5.07. The lowest BCUT2D eigenvalue weighted by Gasteiger charge is -2.14. The number of benzene rings is 1. The van der Waals surface area contributed by atoms with Crippen LogP contribution in [0.2, 0.25) is 5.02 Å². The maximum Gasteiger partial charge on any atom is 0.405 e. The number of fused-ring (bicyclic) bond motifs is 1. The molecule has 1 heterocycles. The van der Waals surface area contributed by atoms with Gasteiger partial charge >= 0.3 is 6.09 Å². The monoisotopic (exact) mass is 354 g/mol. The molecule has 0 saturated carbocycles. The number of carbonyl (C=O) groups excluding carboxylic acids is 1. The number of aromatic nitrogens is 2. The molecule has 4 N–H and O–H groups in total. The summed E-state index contributed by atoms with van der Waals surface area (Å²) in [5, 5.41) is 3.66. The fraction of sp³-hybridized carbons (Fsp3) is 0.400. The normalized spacial score (nSPS) is 12.1. The van der Waals surface area contributed by atoms with E-state index in [4.69, 9.17) is 34.3 Å². The summed E-state index contributed by atoms with van der Waals surface area (Å²) in [6, 6.07) is 5.43. The van der Waals surface area contributed by atoms with Crippen LogP contribution in [-0.2, 0) is 4.74 Å². The topological polar surface area (TPSA) is 93.0 Å². The first-order valence-electron chi connectivity index (χ1n) is 7.32. The van der Waals surface area contributed by atoms with Gasteiger partial charge in [-0.2, -0.15) is 0 Å². The van der Waals surface area contributed by atoms with E-state index in [1.165, 1.54) is 0 Å². The Morgan fingerprint density at radius 3 is 2.96 bits per heavy atom. The standard InChI is InChI=1S/C15H19ClN4O2S/c1-9(23)18-8-3-2-7-12(22-15(17)21)14-19-11-6-4-5-10(16)13(11)20-14/h4-6,12H,2-3,7-8H2,1H3,(H2,17,21)(H,18,23)(H,19,20). The maximum atomic E-state index is 11.1. The van der Waals surface area contributed by atoms with Gasteiger partial charge in [-0.15, -0.1) is 0 Å². The van der Waals surface area contributed by atoms with Crippen molar-refractivity contribution in [1.82, 2.24) is 15.3 Å². The van der Waals surface area contributed by atoms with Gasteiger partial charge in [-0.25, -0.2) is 9.78 Å². The lowest BCUT2D eigenvalue weighted by Crippen LogP contribution is -2.20. The molecule has 1 aromatic heterocycles. The predicted molar refractivity (Wildman–Crippen MR) is 94.6 cm³/mol. The fourth-order valence-corrected chi connectivity index (χ4v) is 2.60. The van der Waals surface area contributed by atoms with Gasteiger partial charge in [0, 0.05) is 6.54 Å². The summed E-state index contributed by atoms with van der Waals surface area (Å²) in [5.41, 5.74) is 6.61. The van der Waals surface area contributed by atoms with Crippen molar-refractivity contribution in [3.05, 3.63) is 29.0 Å². The van der Waals surface area contributed by atoms with Crippen molar-refractivity contribution in [2.75, 3.05) is 6.54 Å². The van der Waals surface area contributed by atoms with Crippen molar-refractivity contribution in [3.63, 3.8) is 0 Å². The number of ether oxygens (including phenoxy) is 1. The van der Waals surface area contributed by atoms with E-state index in [2.05, 4.69) is 15.3 Å².